The van der Waals surface area contributed by atoms with Gasteiger partial charge < -0.3 is 19.9 Å². The van der Waals surface area contributed by atoms with E-state index in [1.165, 1.54) is 0 Å². The van der Waals surface area contributed by atoms with Crippen molar-refractivity contribution in [3.63, 3.8) is 0 Å². The number of benzene rings is 1. The molecule has 100 valence electrons. The van der Waals surface area contributed by atoms with Crippen molar-refractivity contribution < 1.29 is 14.6 Å². The lowest BCUT2D eigenvalue weighted by atomic mass is 10.1. The van der Waals surface area contributed by atoms with Crippen LogP contribution in [0.4, 0.5) is 0 Å². The molecule has 1 aliphatic rings. The van der Waals surface area contributed by atoms with Gasteiger partial charge >= 0.3 is 0 Å². The van der Waals surface area contributed by atoms with Crippen LogP contribution in [-0.2, 0) is 11.3 Å². The topological polar surface area (TPSA) is 50.7 Å². The summed E-state index contributed by atoms with van der Waals surface area (Å²) in [6, 6.07) is 5.58. The lowest BCUT2D eigenvalue weighted by Crippen LogP contribution is -2.25. The molecule has 4 nitrogen and oxygen atoms in total. The van der Waals surface area contributed by atoms with Gasteiger partial charge in [-0.3, -0.25) is 0 Å². The van der Waals surface area contributed by atoms with E-state index in [1.54, 1.807) is 6.07 Å². The van der Waals surface area contributed by atoms with Crippen LogP contribution in [0.25, 0.3) is 0 Å². The van der Waals surface area contributed by atoms with Crippen LogP contribution in [0, 0.1) is 0 Å². The number of nitrogens with one attached hydrogen (secondary N) is 1. The van der Waals surface area contributed by atoms with Crippen LogP contribution in [0.15, 0.2) is 18.2 Å². The molecule has 0 saturated carbocycles. The highest BCUT2D eigenvalue weighted by molar-refractivity contribution is 5.45. The number of hydrogen-bond acceptors (Lipinski definition) is 4. The van der Waals surface area contributed by atoms with Crippen molar-refractivity contribution in [3.05, 3.63) is 23.8 Å². The SMILES string of the molecule is CCOc1cccc(CNCC2CCCO2)c1O. The summed E-state index contributed by atoms with van der Waals surface area (Å²) < 4.78 is 10.9. The van der Waals surface area contributed by atoms with Gasteiger partial charge in [-0.2, -0.15) is 0 Å². The van der Waals surface area contributed by atoms with Crippen molar-refractivity contribution in [2.45, 2.75) is 32.4 Å². The fourth-order valence-corrected chi connectivity index (χ4v) is 2.16. The average molecular weight is 251 g/mol. The Balaban J connectivity index is 1.86. The van der Waals surface area contributed by atoms with Gasteiger partial charge in [0.15, 0.2) is 11.5 Å². The van der Waals surface area contributed by atoms with Gasteiger partial charge in [-0.15, -0.1) is 0 Å². The summed E-state index contributed by atoms with van der Waals surface area (Å²) in [5.41, 5.74) is 0.860. The van der Waals surface area contributed by atoms with Crippen molar-refractivity contribution >= 4 is 0 Å². The predicted molar refractivity (Wildman–Crippen MR) is 70.0 cm³/mol. The molecule has 1 aliphatic heterocycles. The molecule has 0 amide bonds. The largest absolute Gasteiger partial charge is 0.504 e. The number of rotatable bonds is 6. The smallest absolute Gasteiger partial charge is 0.162 e. The Kier molecular flexibility index (Phi) is 4.84. The monoisotopic (exact) mass is 251 g/mol. The van der Waals surface area contributed by atoms with Crippen LogP contribution >= 0.6 is 0 Å². The molecule has 1 aromatic carbocycles. The first-order valence-corrected chi connectivity index (χ1v) is 6.57. The summed E-state index contributed by atoms with van der Waals surface area (Å²) in [7, 11) is 0. The Morgan fingerprint density at radius 2 is 2.39 bits per heavy atom. The summed E-state index contributed by atoms with van der Waals surface area (Å²) in [6.45, 7) is 4.80. The average Bonchev–Trinajstić information content (AvgIpc) is 2.87. The van der Waals surface area contributed by atoms with E-state index in [4.69, 9.17) is 9.47 Å². The molecule has 1 unspecified atom stereocenters. The lowest BCUT2D eigenvalue weighted by molar-refractivity contribution is 0.110. The van der Waals surface area contributed by atoms with E-state index >= 15 is 0 Å². The zero-order chi connectivity index (χ0) is 12.8. The Labute approximate surface area is 108 Å². The lowest BCUT2D eigenvalue weighted by Gasteiger charge is -2.13. The normalized spacial score (nSPS) is 19.1. The van der Waals surface area contributed by atoms with Crippen molar-refractivity contribution in [2.75, 3.05) is 19.8 Å². The first-order valence-electron chi connectivity index (χ1n) is 6.57. The summed E-state index contributed by atoms with van der Waals surface area (Å²) in [6.07, 6.45) is 2.59. The van der Waals surface area contributed by atoms with Gasteiger partial charge in [0.1, 0.15) is 0 Å². The third kappa shape index (κ3) is 3.37. The maximum absolute atomic E-state index is 10.0. The molecule has 1 fully saturated rings. The zero-order valence-corrected chi connectivity index (χ0v) is 10.8. The summed E-state index contributed by atoms with van der Waals surface area (Å²) in [5, 5.41) is 13.3. The van der Waals surface area contributed by atoms with Gasteiger partial charge in [0.25, 0.3) is 0 Å². The van der Waals surface area contributed by atoms with Crippen LogP contribution < -0.4 is 10.1 Å². The fraction of sp³-hybridized carbons (Fsp3) is 0.571. The number of phenolic OH excluding ortho intramolecular Hbond substituents is 1. The van der Waals surface area contributed by atoms with Gasteiger partial charge in [-0.05, 0) is 25.8 Å². The molecule has 4 heteroatoms. The van der Waals surface area contributed by atoms with Crippen LogP contribution in [0.5, 0.6) is 11.5 Å². The van der Waals surface area contributed by atoms with Gasteiger partial charge in [-0.25, -0.2) is 0 Å². The Hall–Kier alpha value is -1.26. The Morgan fingerprint density at radius 1 is 1.50 bits per heavy atom. The summed E-state index contributed by atoms with van der Waals surface area (Å²) in [5.74, 6) is 0.785. The van der Waals surface area contributed by atoms with E-state index in [1.807, 2.05) is 19.1 Å². The molecule has 1 saturated heterocycles. The van der Waals surface area contributed by atoms with Gasteiger partial charge in [0.2, 0.25) is 0 Å². The second-order valence-corrected chi connectivity index (χ2v) is 4.46. The first-order chi connectivity index (χ1) is 8.81. The highest BCUT2D eigenvalue weighted by Gasteiger charge is 2.15. The second-order valence-electron chi connectivity index (χ2n) is 4.46. The molecule has 1 atom stereocenters. The van der Waals surface area contributed by atoms with E-state index < -0.39 is 0 Å². The van der Waals surface area contributed by atoms with E-state index in [-0.39, 0.29) is 5.75 Å². The van der Waals surface area contributed by atoms with Gasteiger partial charge in [-0.1, -0.05) is 12.1 Å². The third-order valence-corrected chi connectivity index (χ3v) is 3.09. The molecule has 0 bridgehead atoms. The predicted octanol–water partition coefficient (Wildman–Crippen LogP) is 2.06. The van der Waals surface area contributed by atoms with Crippen LogP contribution in [-0.4, -0.2) is 31.0 Å². The molecular weight excluding hydrogens is 230 g/mol. The molecule has 0 spiro atoms. The minimum Gasteiger partial charge on any atom is -0.504 e. The zero-order valence-electron chi connectivity index (χ0n) is 10.8. The van der Waals surface area contributed by atoms with E-state index in [2.05, 4.69) is 5.32 Å². The molecule has 2 rings (SSSR count). The molecule has 2 N–H and O–H groups in total. The van der Waals surface area contributed by atoms with Crippen molar-refractivity contribution in [2.24, 2.45) is 0 Å². The van der Waals surface area contributed by atoms with Crippen molar-refractivity contribution in [3.8, 4) is 11.5 Å². The van der Waals surface area contributed by atoms with Crippen molar-refractivity contribution in [1.29, 1.82) is 0 Å². The summed E-state index contributed by atoms with van der Waals surface area (Å²) in [4.78, 5) is 0. The maximum Gasteiger partial charge on any atom is 0.162 e. The van der Waals surface area contributed by atoms with Crippen LogP contribution in [0.2, 0.25) is 0 Å². The quantitative estimate of drug-likeness (QED) is 0.812. The molecule has 1 heterocycles. The highest BCUT2D eigenvalue weighted by Crippen LogP contribution is 2.29. The van der Waals surface area contributed by atoms with Crippen LogP contribution in [0.1, 0.15) is 25.3 Å². The van der Waals surface area contributed by atoms with Crippen molar-refractivity contribution in [1.82, 2.24) is 5.32 Å². The van der Waals surface area contributed by atoms with Gasteiger partial charge in [0.05, 0.1) is 12.7 Å². The molecule has 18 heavy (non-hydrogen) atoms. The second kappa shape index (κ2) is 6.61. The first kappa shape index (κ1) is 13.2. The summed E-state index contributed by atoms with van der Waals surface area (Å²) >= 11 is 0. The van der Waals surface area contributed by atoms with E-state index in [9.17, 15) is 5.11 Å². The Bertz CT molecular complexity index is 375. The molecule has 0 aromatic heterocycles. The third-order valence-electron chi connectivity index (χ3n) is 3.09. The number of aromatic hydroxyl groups is 1. The number of hydrogen-bond donors (Lipinski definition) is 2. The molecule has 0 aliphatic carbocycles. The number of phenols is 1. The standard InChI is InChI=1S/C14H21NO3/c1-2-17-13-7-3-5-11(14(13)16)9-15-10-12-6-4-8-18-12/h3,5,7,12,15-16H,2,4,6,8-10H2,1H3. The minimum atomic E-state index is 0.235. The molecule has 1 aromatic rings. The van der Waals surface area contributed by atoms with Crippen LogP contribution in [0.3, 0.4) is 0 Å². The van der Waals surface area contributed by atoms with Gasteiger partial charge in [0, 0.05) is 25.3 Å². The fourth-order valence-electron chi connectivity index (χ4n) is 2.16. The number of para-hydroxylation sites is 1. The number of ether oxygens (including phenoxy) is 2. The molecule has 0 radical (unpaired) electrons. The molecular formula is C14H21NO3. The minimum absolute atomic E-state index is 0.235. The Morgan fingerprint density at radius 3 is 3.11 bits per heavy atom. The maximum atomic E-state index is 10.0. The van der Waals surface area contributed by atoms with E-state index in [0.717, 1.165) is 31.6 Å². The highest BCUT2D eigenvalue weighted by atomic mass is 16.5. The van der Waals surface area contributed by atoms with E-state index in [0.29, 0.717) is 25.0 Å².